The number of halogens is 1. The highest BCUT2D eigenvalue weighted by Gasteiger charge is 2.11. The lowest BCUT2D eigenvalue weighted by Gasteiger charge is -2.13. The maximum Gasteiger partial charge on any atom is 0.129 e. The van der Waals surface area contributed by atoms with E-state index in [0.29, 0.717) is 5.56 Å². The Morgan fingerprint density at radius 2 is 2.17 bits per heavy atom. The molecule has 0 aliphatic heterocycles. The smallest absolute Gasteiger partial charge is 0.129 e. The number of methoxy groups -OCH3 is 1. The van der Waals surface area contributed by atoms with Crippen LogP contribution in [0.5, 0.6) is 0 Å². The molecule has 3 heteroatoms. The van der Waals surface area contributed by atoms with Gasteiger partial charge in [-0.15, -0.1) is 0 Å². The normalized spacial score (nSPS) is 12.9. The second-order valence-electron chi connectivity index (χ2n) is 2.48. The number of rotatable bonds is 3. The first kappa shape index (κ1) is 9.16. The summed E-state index contributed by atoms with van der Waals surface area (Å²) < 4.78 is 18.1. The van der Waals surface area contributed by atoms with Crippen molar-refractivity contribution in [2.24, 2.45) is 5.73 Å². The van der Waals surface area contributed by atoms with Gasteiger partial charge in [0.25, 0.3) is 0 Å². The van der Waals surface area contributed by atoms with Crippen LogP contribution in [0.15, 0.2) is 24.3 Å². The number of nitrogens with two attached hydrogens (primary N) is 1. The Kier molecular flexibility index (Phi) is 3.19. The van der Waals surface area contributed by atoms with Gasteiger partial charge in [-0.25, -0.2) is 4.39 Å². The van der Waals surface area contributed by atoms with Gasteiger partial charge in [0.1, 0.15) is 5.82 Å². The highest BCUT2D eigenvalue weighted by atomic mass is 19.1. The highest BCUT2D eigenvalue weighted by molar-refractivity contribution is 5.20. The molecule has 0 aromatic heterocycles. The fourth-order valence-electron chi connectivity index (χ4n) is 1.09. The molecule has 0 spiro atoms. The minimum Gasteiger partial charge on any atom is -0.375 e. The van der Waals surface area contributed by atoms with Crippen LogP contribution in [0.1, 0.15) is 11.7 Å². The van der Waals surface area contributed by atoms with E-state index >= 15 is 0 Å². The molecular weight excluding hydrogens is 157 g/mol. The quantitative estimate of drug-likeness (QED) is 0.743. The van der Waals surface area contributed by atoms with E-state index in [1.807, 2.05) is 0 Å². The summed E-state index contributed by atoms with van der Waals surface area (Å²) in [7, 11) is 1.52. The van der Waals surface area contributed by atoms with Crippen LogP contribution in [0.4, 0.5) is 4.39 Å². The molecule has 0 fully saturated rings. The van der Waals surface area contributed by atoms with Crippen LogP contribution in [-0.4, -0.2) is 13.7 Å². The van der Waals surface area contributed by atoms with Crippen LogP contribution in [0.3, 0.4) is 0 Å². The van der Waals surface area contributed by atoms with Gasteiger partial charge in [0.2, 0.25) is 0 Å². The third-order valence-electron chi connectivity index (χ3n) is 1.75. The Balaban J connectivity index is 2.92. The molecule has 0 bridgehead atoms. The van der Waals surface area contributed by atoms with Crippen LogP contribution in [0.25, 0.3) is 0 Å². The van der Waals surface area contributed by atoms with Crippen LogP contribution in [-0.2, 0) is 4.74 Å². The van der Waals surface area contributed by atoms with Gasteiger partial charge in [-0.1, -0.05) is 18.2 Å². The zero-order chi connectivity index (χ0) is 8.97. The van der Waals surface area contributed by atoms with E-state index in [-0.39, 0.29) is 18.5 Å². The van der Waals surface area contributed by atoms with Crippen LogP contribution in [0.2, 0.25) is 0 Å². The van der Waals surface area contributed by atoms with Crippen molar-refractivity contribution >= 4 is 0 Å². The molecule has 1 rings (SSSR count). The number of hydrogen-bond donors (Lipinski definition) is 1. The van der Waals surface area contributed by atoms with Crippen molar-refractivity contribution in [1.29, 1.82) is 0 Å². The number of hydrogen-bond acceptors (Lipinski definition) is 2. The fraction of sp³-hybridized carbons (Fsp3) is 0.333. The molecule has 1 atom stereocenters. The Labute approximate surface area is 71.1 Å². The van der Waals surface area contributed by atoms with E-state index in [2.05, 4.69) is 0 Å². The van der Waals surface area contributed by atoms with Crippen molar-refractivity contribution in [3.05, 3.63) is 35.6 Å². The molecule has 1 aromatic carbocycles. The molecule has 1 aromatic rings. The van der Waals surface area contributed by atoms with Crippen molar-refractivity contribution in [2.75, 3.05) is 13.7 Å². The summed E-state index contributed by atoms with van der Waals surface area (Å²) in [4.78, 5) is 0. The van der Waals surface area contributed by atoms with Crippen LogP contribution in [0, 0.1) is 5.82 Å². The summed E-state index contributed by atoms with van der Waals surface area (Å²) in [5.41, 5.74) is 5.91. The Morgan fingerprint density at radius 1 is 1.50 bits per heavy atom. The summed E-state index contributed by atoms with van der Waals surface area (Å²) >= 11 is 0. The Bertz CT molecular complexity index is 248. The first-order chi connectivity index (χ1) is 5.79. The fourth-order valence-corrected chi connectivity index (χ4v) is 1.09. The summed E-state index contributed by atoms with van der Waals surface area (Å²) in [5.74, 6) is -0.269. The third kappa shape index (κ3) is 1.81. The molecule has 2 nitrogen and oxygen atoms in total. The summed E-state index contributed by atoms with van der Waals surface area (Å²) in [5, 5.41) is 0. The molecule has 12 heavy (non-hydrogen) atoms. The van der Waals surface area contributed by atoms with E-state index in [1.165, 1.54) is 13.2 Å². The predicted molar refractivity (Wildman–Crippen MR) is 45.2 cm³/mol. The van der Waals surface area contributed by atoms with Crippen LogP contribution < -0.4 is 5.73 Å². The molecule has 1 unspecified atom stereocenters. The molecule has 0 saturated heterocycles. The molecule has 0 heterocycles. The molecule has 0 saturated carbocycles. The van der Waals surface area contributed by atoms with Gasteiger partial charge in [-0.2, -0.15) is 0 Å². The summed E-state index contributed by atoms with van der Waals surface area (Å²) in [6.07, 6.45) is -0.341. The number of benzene rings is 1. The van der Waals surface area contributed by atoms with Crippen molar-refractivity contribution < 1.29 is 9.13 Å². The lowest BCUT2D eigenvalue weighted by Crippen LogP contribution is -2.15. The molecule has 2 N–H and O–H groups in total. The molecule has 0 amide bonds. The third-order valence-corrected chi connectivity index (χ3v) is 1.75. The topological polar surface area (TPSA) is 35.2 Å². The van der Waals surface area contributed by atoms with Gasteiger partial charge in [0.05, 0.1) is 6.10 Å². The Morgan fingerprint density at radius 3 is 2.67 bits per heavy atom. The SMILES string of the molecule is COC(CN)c1ccccc1F. The summed E-state index contributed by atoms with van der Waals surface area (Å²) in [6, 6.07) is 6.48. The molecule has 0 radical (unpaired) electrons. The summed E-state index contributed by atoms with van der Waals surface area (Å²) in [6.45, 7) is 0.289. The van der Waals surface area contributed by atoms with E-state index in [0.717, 1.165) is 0 Å². The maximum atomic E-state index is 13.1. The molecule has 0 aliphatic rings. The van der Waals surface area contributed by atoms with E-state index in [1.54, 1.807) is 18.2 Å². The molecule has 66 valence electrons. The highest BCUT2D eigenvalue weighted by Crippen LogP contribution is 2.17. The zero-order valence-electron chi connectivity index (χ0n) is 6.96. The number of ether oxygens (including phenoxy) is 1. The van der Waals surface area contributed by atoms with Gasteiger partial charge in [0, 0.05) is 19.2 Å². The monoisotopic (exact) mass is 169 g/mol. The largest absolute Gasteiger partial charge is 0.375 e. The standard InChI is InChI=1S/C9H12FNO/c1-12-9(6-11)7-4-2-3-5-8(7)10/h2-5,9H,6,11H2,1H3. The first-order valence-electron chi connectivity index (χ1n) is 3.77. The average Bonchev–Trinajstić information content (AvgIpc) is 2.10. The van der Waals surface area contributed by atoms with Gasteiger partial charge >= 0.3 is 0 Å². The lowest BCUT2D eigenvalue weighted by molar-refractivity contribution is 0.107. The maximum absolute atomic E-state index is 13.1. The first-order valence-corrected chi connectivity index (χ1v) is 3.77. The second kappa shape index (κ2) is 4.18. The lowest BCUT2D eigenvalue weighted by atomic mass is 10.1. The van der Waals surface area contributed by atoms with E-state index in [9.17, 15) is 4.39 Å². The van der Waals surface area contributed by atoms with Crippen molar-refractivity contribution in [1.82, 2.24) is 0 Å². The predicted octanol–water partition coefficient (Wildman–Crippen LogP) is 1.47. The van der Waals surface area contributed by atoms with Crippen molar-refractivity contribution in [3.8, 4) is 0 Å². The van der Waals surface area contributed by atoms with E-state index < -0.39 is 0 Å². The van der Waals surface area contributed by atoms with Gasteiger partial charge in [-0.05, 0) is 6.07 Å². The van der Waals surface area contributed by atoms with Crippen molar-refractivity contribution in [3.63, 3.8) is 0 Å². The van der Waals surface area contributed by atoms with Gasteiger partial charge in [-0.3, -0.25) is 0 Å². The van der Waals surface area contributed by atoms with Crippen LogP contribution >= 0.6 is 0 Å². The second-order valence-corrected chi connectivity index (χ2v) is 2.48. The minimum atomic E-state index is -0.341. The molecular formula is C9H12FNO. The Hall–Kier alpha value is -0.930. The molecule has 0 aliphatic carbocycles. The van der Waals surface area contributed by atoms with Gasteiger partial charge in [0.15, 0.2) is 0 Å². The zero-order valence-corrected chi connectivity index (χ0v) is 6.96. The minimum absolute atomic E-state index is 0.269. The van der Waals surface area contributed by atoms with Crippen molar-refractivity contribution in [2.45, 2.75) is 6.10 Å². The van der Waals surface area contributed by atoms with Gasteiger partial charge < -0.3 is 10.5 Å². The van der Waals surface area contributed by atoms with E-state index in [4.69, 9.17) is 10.5 Å². The average molecular weight is 169 g/mol.